The van der Waals surface area contributed by atoms with Gasteiger partial charge in [0.25, 0.3) is 0 Å². The number of hydrogen-bond donors (Lipinski definition) is 1. The zero-order valence-electron chi connectivity index (χ0n) is 9.44. The van der Waals surface area contributed by atoms with Crippen molar-refractivity contribution >= 4 is 40.0 Å². The molecule has 0 bridgehead atoms. The summed E-state index contributed by atoms with van der Waals surface area (Å²) in [7, 11) is -4.23. The van der Waals surface area contributed by atoms with E-state index in [0.717, 1.165) is 12.8 Å². The van der Waals surface area contributed by atoms with Gasteiger partial charge in [-0.15, -0.1) is 0 Å². The van der Waals surface area contributed by atoms with Crippen LogP contribution < -0.4 is 0 Å². The van der Waals surface area contributed by atoms with Crippen molar-refractivity contribution in [1.29, 1.82) is 0 Å². The van der Waals surface area contributed by atoms with Crippen LogP contribution in [0.2, 0.25) is 0 Å². The molecule has 0 saturated heterocycles. The first-order valence-electron chi connectivity index (χ1n) is 5.68. The summed E-state index contributed by atoms with van der Waals surface area (Å²) in [6, 6.07) is 0. The Morgan fingerprint density at radius 1 is 0.938 bits per heavy atom. The van der Waals surface area contributed by atoms with E-state index in [0.29, 0.717) is 6.42 Å². The Morgan fingerprint density at radius 3 is 1.81 bits per heavy atom. The molecule has 16 heavy (non-hydrogen) atoms. The molecule has 0 amide bonds. The molecule has 0 rings (SSSR count). The van der Waals surface area contributed by atoms with Gasteiger partial charge >= 0.3 is 40.0 Å². The summed E-state index contributed by atoms with van der Waals surface area (Å²) in [6.45, 7) is 2.28. The Morgan fingerprint density at radius 2 is 1.38 bits per heavy atom. The molecule has 0 aliphatic heterocycles. The Balaban J connectivity index is 0. The Hall–Kier alpha value is 0.870. The van der Waals surface area contributed by atoms with Crippen molar-refractivity contribution in [1.82, 2.24) is 0 Å². The van der Waals surface area contributed by atoms with Crippen LogP contribution in [0.15, 0.2) is 0 Å². The van der Waals surface area contributed by atoms with Gasteiger partial charge in [-0.05, 0) is 6.42 Å². The van der Waals surface area contributed by atoms with Crippen molar-refractivity contribution in [3.8, 4) is 0 Å². The molecule has 0 radical (unpaired) electrons. The summed E-state index contributed by atoms with van der Waals surface area (Å²) < 4.78 is 32.8. The molecule has 0 atom stereocenters. The predicted molar refractivity (Wildman–Crippen MR) is 67.3 cm³/mol. The van der Waals surface area contributed by atoms with E-state index in [2.05, 4.69) is 11.1 Å². The van der Waals surface area contributed by atoms with Crippen LogP contribution in [0.3, 0.4) is 0 Å². The molecule has 6 heteroatoms. The zero-order chi connectivity index (χ0) is 11.6. The summed E-state index contributed by atoms with van der Waals surface area (Å²) in [5, 5.41) is 0. The Kier molecular flexibility index (Phi) is 14.8. The van der Waals surface area contributed by atoms with Gasteiger partial charge in [0.2, 0.25) is 0 Å². The summed E-state index contributed by atoms with van der Waals surface area (Å²) in [4.78, 5) is 0. The van der Waals surface area contributed by atoms with E-state index in [-0.39, 0.29) is 36.2 Å². The maximum absolute atomic E-state index is 10.2. The molecule has 0 saturated carbocycles. The van der Waals surface area contributed by atoms with Crippen LogP contribution in [-0.2, 0) is 14.6 Å². The van der Waals surface area contributed by atoms with E-state index in [9.17, 15) is 8.42 Å². The Bertz CT molecular complexity index is 229. The van der Waals surface area contributed by atoms with Gasteiger partial charge < -0.3 is 0 Å². The molecular weight excluding hydrogens is 239 g/mol. The Labute approximate surface area is 121 Å². The normalized spacial score (nSPS) is 11.1. The third-order valence-electron chi connectivity index (χ3n) is 2.23. The molecule has 4 nitrogen and oxygen atoms in total. The minimum atomic E-state index is -4.23. The third-order valence-corrected chi connectivity index (χ3v) is 2.69. The van der Waals surface area contributed by atoms with Gasteiger partial charge in [-0.1, -0.05) is 51.9 Å². The molecule has 0 spiro atoms. The predicted octanol–water partition coefficient (Wildman–Crippen LogP) is 2.30. The summed E-state index contributed by atoms with van der Waals surface area (Å²) in [5.74, 6) is 0. The molecule has 0 aromatic carbocycles. The van der Waals surface area contributed by atoms with E-state index in [4.69, 9.17) is 4.55 Å². The van der Waals surface area contributed by atoms with Crippen LogP contribution in [0.4, 0.5) is 0 Å². The molecule has 0 aromatic heterocycles. The average molecular weight is 262 g/mol. The second-order valence-electron chi connectivity index (χ2n) is 3.72. The average Bonchev–Trinajstić information content (AvgIpc) is 2.14. The number of unbranched alkanes of at least 4 members (excludes halogenated alkanes) is 7. The molecular formula is C10H23NaO4S. The van der Waals surface area contributed by atoms with Gasteiger partial charge in [0, 0.05) is 0 Å². The molecule has 0 heterocycles. The van der Waals surface area contributed by atoms with Crippen molar-refractivity contribution in [2.45, 2.75) is 58.3 Å². The van der Waals surface area contributed by atoms with Crippen molar-refractivity contribution in [2.75, 3.05) is 6.61 Å². The molecule has 94 valence electrons. The van der Waals surface area contributed by atoms with E-state index in [1.165, 1.54) is 32.1 Å². The van der Waals surface area contributed by atoms with Crippen molar-refractivity contribution in [2.24, 2.45) is 0 Å². The topological polar surface area (TPSA) is 63.6 Å². The van der Waals surface area contributed by atoms with Crippen molar-refractivity contribution < 1.29 is 17.2 Å². The van der Waals surface area contributed by atoms with Gasteiger partial charge in [-0.3, -0.25) is 4.55 Å². The minimum absolute atomic E-state index is 0. The fraction of sp³-hybridized carbons (Fsp3) is 1.00. The van der Waals surface area contributed by atoms with Crippen LogP contribution in [-0.4, -0.2) is 49.1 Å². The standard InChI is InChI=1S/C10H22O4S.Na.H/c1-2-3-4-5-6-7-8-9-10-14-15(11,12)13;;/h2-10H2,1H3,(H,11,12,13);;. The first-order valence-corrected chi connectivity index (χ1v) is 7.04. The van der Waals surface area contributed by atoms with E-state index >= 15 is 0 Å². The quantitative estimate of drug-likeness (QED) is 0.373. The van der Waals surface area contributed by atoms with Gasteiger partial charge in [0.15, 0.2) is 0 Å². The van der Waals surface area contributed by atoms with Crippen LogP contribution in [0, 0.1) is 0 Å². The van der Waals surface area contributed by atoms with Crippen LogP contribution in [0.1, 0.15) is 58.3 Å². The molecule has 0 fully saturated rings. The molecule has 0 unspecified atom stereocenters. The maximum atomic E-state index is 10.2. The van der Waals surface area contributed by atoms with Gasteiger partial charge in [-0.2, -0.15) is 8.42 Å². The van der Waals surface area contributed by atoms with Gasteiger partial charge in [0.05, 0.1) is 6.61 Å². The van der Waals surface area contributed by atoms with E-state index < -0.39 is 10.4 Å². The monoisotopic (exact) mass is 262 g/mol. The number of hydrogen-bond acceptors (Lipinski definition) is 3. The molecule has 1 N–H and O–H groups in total. The first-order chi connectivity index (χ1) is 7.06. The molecule has 0 aromatic rings. The van der Waals surface area contributed by atoms with Crippen LogP contribution in [0.25, 0.3) is 0 Å². The van der Waals surface area contributed by atoms with Crippen molar-refractivity contribution in [3.63, 3.8) is 0 Å². The SMILES string of the molecule is CCCCCCCCCCOS(=O)(=O)O.[NaH]. The van der Waals surface area contributed by atoms with Gasteiger partial charge in [-0.25, -0.2) is 4.18 Å². The van der Waals surface area contributed by atoms with Gasteiger partial charge in [0.1, 0.15) is 0 Å². The van der Waals surface area contributed by atoms with Crippen LogP contribution in [0.5, 0.6) is 0 Å². The summed E-state index contributed by atoms with van der Waals surface area (Å²) in [5.41, 5.74) is 0. The zero-order valence-corrected chi connectivity index (χ0v) is 10.3. The van der Waals surface area contributed by atoms with E-state index in [1.807, 2.05) is 0 Å². The molecule has 0 aliphatic carbocycles. The second-order valence-corrected chi connectivity index (χ2v) is 4.82. The summed E-state index contributed by atoms with van der Waals surface area (Å²) in [6.07, 6.45) is 9.05. The number of rotatable bonds is 10. The fourth-order valence-corrected chi connectivity index (χ4v) is 1.73. The van der Waals surface area contributed by atoms with Crippen molar-refractivity contribution in [3.05, 3.63) is 0 Å². The van der Waals surface area contributed by atoms with E-state index in [1.54, 1.807) is 0 Å². The molecule has 0 aliphatic rings. The second kappa shape index (κ2) is 12.3. The third kappa shape index (κ3) is 17.3. The fourth-order valence-electron chi connectivity index (χ4n) is 1.40. The summed E-state index contributed by atoms with van der Waals surface area (Å²) >= 11 is 0. The van der Waals surface area contributed by atoms with Crippen LogP contribution >= 0.6 is 0 Å². The first kappa shape index (κ1) is 19.2.